The van der Waals surface area contributed by atoms with Gasteiger partial charge in [-0.15, -0.1) is 0 Å². The molecular formula is C21H29N3O5. The second-order valence-electron chi connectivity index (χ2n) is 8.39. The van der Waals surface area contributed by atoms with Gasteiger partial charge in [0, 0.05) is 19.2 Å². The molecule has 0 aliphatic heterocycles. The van der Waals surface area contributed by atoms with Gasteiger partial charge in [-0.2, -0.15) is 0 Å². The van der Waals surface area contributed by atoms with E-state index in [2.05, 4.69) is 9.97 Å². The fraction of sp³-hybridized carbons (Fsp3) is 0.571. The zero-order valence-electron chi connectivity index (χ0n) is 17.7. The average Bonchev–Trinajstić information content (AvgIpc) is 2.67. The van der Waals surface area contributed by atoms with Crippen molar-refractivity contribution in [2.24, 2.45) is 0 Å². The van der Waals surface area contributed by atoms with Crippen LogP contribution in [0.2, 0.25) is 0 Å². The fourth-order valence-corrected chi connectivity index (χ4v) is 3.54. The minimum absolute atomic E-state index is 0.0135. The van der Waals surface area contributed by atoms with Crippen LogP contribution in [0, 0.1) is 0 Å². The van der Waals surface area contributed by atoms with Crippen LogP contribution in [0.25, 0.3) is 10.9 Å². The average molecular weight is 403 g/mol. The number of fused-ring (bicyclic) bond motifs is 1. The predicted molar refractivity (Wildman–Crippen MR) is 110 cm³/mol. The van der Waals surface area contributed by atoms with Crippen molar-refractivity contribution in [2.45, 2.75) is 64.2 Å². The van der Waals surface area contributed by atoms with E-state index in [4.69, 9.17) is 14.2 Å². The number of hydrogen-bond acceptors (Lipinski definition) is 6. The fourth-order valence-electron chi connectivity index (χ4n) is 3.54. The van der Waals surface area contributed by atoms with Gasteiger partial charge in [0.15, 0.2) is 11.5 Å². The first-order valence-corrected chi connectivity index (χ1v) is 9.86. The Balaban J connectivity index is 1.66. The van der Waals surface area contributed by atoms with E-state index in [1.54, 1.807) is 31.2 Å². The van der Waals surface area contributed by atoms with Crippen molar-refractivity contribution in [1.29, 1.82) is 0 Å². The second-order valence-corrected chi connectivity index (χ2v) is 8.39. The third-order valence-electron chi connectivity index (χ3n) is 5.09. The van der Waals surface area contributed by atoms with E-state index in [0.717, 1.165) is 25.7 Å². The van der Waals surface area contributed by atoms with Crippen molar-refractivity contribution >= 4 is 17.0 Å². The highest BCUT2D eigenvalue weighted by Gasteiger charge is 2.30. The van der Waals surface area contributed by atoms with E-state index in [-0.39, 0.29) is 23.8 Å². The molecule has 1 heterocycles. The topological polar surface area (TPSA) is 93.7 Å². The summed E-state index contributed by atoms with van der Waals surface area (Å²) in [4.78, 5) is 32.8. The number of nitrogens with zero attached hydrogens (tertiary/aromatic N) is 2. The van der Waals surface area contributed by atoms with Crippen molar-refractivity contribution in [2.75, 3.05) is 14.2 Å². The summed E-state index contributed by atoms with van der Waals surface area (Å²) in [7, 11) is 3.35. The summed E-state index contributed by atoms with van der Waals surface area (Å²) in [5.74, 6) is 1.08. The zero-order chi connectivity index (χ0) is 21.2. The molecule has 8 heteroatoms. The molecule has 29 heavy (non-hydrogen) atoms. The third kappa shape index (κ3) is 4.99. The second kappa shape index (κ2) is 8.31. The minimum Gasteiger partial charge on any atom is -0.493 e. The Labute approximate surface area is 170 Å². The van der Waals surface area contributed by atoms with Gasteiger partial charge < -0.3 is 24.1 Å². The monoisotopic (exact) mass is 403 g/mol. The lowest BCUT2D eigenvalue weighted by molar-refractivity contribution is 0.0138. The molecule has 1 aliphatic carbocycles. The Bertz CT molecular complexity index is 926. The van der Waals surface area contributed by atoms with Gasteiger partial charge in [-0.3, -0.25) is 4.79 Å². The number of H-pyrrole nitrogens is 1. The van der Waals surface area contributed by atoms with Crippen molar-refractivity contribution in [1.82, 2.24) is 14.9 Å². The molecule has 0 atom stereocenters. The molecule has 8 nitrogen and oxygen atoms in total. The van der Waals surface area contributed by atoms with Gasteiger partial charge >= 0.3 is 6.09 Å². The Morgan fingerprint density at radius 3 is 2.48 bits per heavy atom. The largest absolute Gasteiger partial charge is 0.493 e. The van der Waals surface area contributed by atoms with Crippen LogP contribution < -0.4 is 15.0 Å². The molecule has 1 N–H and O–H groups in total. The minimum atomic E-state index is -0.509. The molecule has 1 fully saturated rings. The lowest BCUT2D eigenvalue weighted by Crippen LogP contribution is -2.43. The summed E-state index contributed by atoms with van der Waals surface area (Å²) in [5, 5.41) is 0.460. The molecule has 0 saturated heterocycles. The Morgan fingerprint density at radius 2 is 1.86 bits per heavy atom. The number of nitrogens with one attached hydrogen (secondary N) is 1. The lowest BCUT2D eigenvalue weighted by atomic mass is 9.92. The summed E-state index contributed by atoms with van der Waals surface area (Å²) in [6.45, 7) is 5.59. The Hall–Kier alpha value is -2.77. The van der Waals surface area contributed by atoms with E-state index in [9.17, 15) is 9.59 Å². The quantitative estimate of drug-likeness (QED) is 0.840. The van der Waals surface area contributed by atoms with E-state index < -0.39 is 5.60 Å². The normalized spacial score (nSPS) is 19.6. The van der Waals surface area contributed by atoms with Crippen LogP contribution >= 0.6 is 0 Å². The summed E-state index contributed by atoms with van der Waals surface area (Å²) < 4.78 is 17.1. The van der Waals surface area contributed by atoms with Crippen LogP contribution in [0.1, 0.15) is 46.5 Å². The first-order valence-electron chi connectivity index (χ1n) is 9.86. The summed E-state index contributed by atoms with van der Waals surface area (Å²) >= 11 is 0. The maximum Gasteiger partial charge on any atom is 0.410 e. The number of carbonyl (C=O) groups excluding carboxylic acids is 1. The number of ether oxygens (including phenoxy) is 3. The lowest BCUT2D eigenvalue weighted by Gasteiger charge is -2.35. The molecule has 1 amide bonds. The third-order valence-corrected chi connectivity index (χ3v) is 5.09. The molecule has 1 aliphatic rings. The first-order chi connectivity index (χ1) is 13.7. The van der Waals surface area contributed by atoms with Crippen molar-refractivity contribution in [3.8, 4) is 11.5 Å². The van der Waals surface area contributed by atoms with Gasteiger partial charge in [0.25, 0.3) is 5.56 Å². The number of benzene rings is 1. The molecule has 1 aromatic heterocycles. The number of methoxy groups -OCH3 is 1. The number of amides is 1. The number of hydrogen-bond donors (Lipinski definition) is 1. The molecule has 1 saturated carbocycles. The van der Waals surface area contributed by atoms with Crippen LogP contribution in [-0.2, 0) is 4.74 Å². The number of carbonyl (C=O) groups is 1. The van der Waals surface area contributed by atoms with Crippen molar-refractivity contribution < 1.29 is 19.0 Å². The number of aromatic amines is 1. The van der Waals surface area contributed by atoms with E-state index in [1.165, 1.54) is 6.33 Å². The van der Waals surface area contributed by atoms with Gasteiger partial charge in [-0.25, -0.2) is 9.78 Å². The Morgan fingerprint density at radius 1 is 1.17 bits per heavy atom. The van der Waals surface area contributed by atoms with E-state index in [1.807, 2.05) is 20.8 Å². The van der Waals surface area contributed by atoms with Crippen LogP contribution in [0.4, 0.5) is 4.79 Å². The van der Waals surface area contributed by atoms with Crippen molar-refractivity contribution in [3.05, 3.63) is 28.8 Å². The van der Waals surface area contributed by atoms with Crippen LogP contribution in [0.15, 0.2) is 23.3 Å². The summed E-state index contributed by atoms with van der Waals surface area (Å²) in [6.07, 6.45) is 4.28. The molecule has 158 valence electrons. The van der Waals surface area contributed by atoms with Crippen LogP contribution in [0.5, 0.6) is 11.5 Å². The smallest absolute Gasteiger partial charge is 0.410 e. The number of rotatable bonds is 4. The van der Waals surface area contributed by atoms with Gasteiger partial charge in [0.05, 0.1) is 30.4 Å². The maximum atomic E-state index is 12.3. The molecule has 0 radical (unpaired) electrons. The Kier molecular flexibility index (Phi) is 6.00. The van der Waals surface area contributed by atoms with Gasteiger partial charge in [-0.1, -0.05) is 0 Å². The first kappa shape index (κ1) is 21.0. The standard InChI is InChI=1S/C21H29N3O5/c1-21(2,3)29-20(26)24(4)13-6-8-14(9-7-13)28-18-10-15-16(11-17(18)27-5)22-12-23-19(15)25/h10-14H,6-9H2,1-5H3,(H,22,23,25). The van der Waals surface area contributed by atoms with Gasteiger partial charge in [0.1, 0.15) is 5.60 Å². The molecule has 0 spiro atoms. The molecule has 1 aromatic carbocycles. The predicted octanol–water partition coefficient (Wildman–Crippen LogP) is 3.49. The molecule has 0 unspecified atom stereocenters. The van der Waals surface area contributed by atoms with Gasteiger partial charge in [-0.05, 0) is 52.5 Å². The van der Waals surface area contributed by atoms with Crippen LogP contribution in [-0.4, -0.2) is 52.9 Å². The molecule has 0 bridgehead atoms. The van der Waals surface area contributed by atoms with Crippen molar-refractivity contribution in [3.63, 3.8) is 0 Å². The van der Waals surface area contributed by atoms with E-state index in [0.29, 0.717) is 22.4 Å². The molecule has 3 rings (SSSR count). The van der Waals surface area contributed by atoms with Crippen LogP contribution in [0.3, 0.4) is 0 Å². The SMILES string of the molecule is COc1cc2nc[nH]c(=O)c2cc1OC1CCC(N(C)C(=O)OC(C)(C)C)CC1. The zero-order valence-corrected chi connectivity index (χ0v) is 17.7. The number of aromatic nitrogens is 2. The van der Waals surface area contributed by atoms with E-state index >= 15 is 0 Å². The molecule has 2 aromatic rings. The highest BCUT2D eigenvalue weighted by molar-refractivity contribution is 5.81. The van der Waals surface area contributed by atoms with Gasteiger partial charge in [0.2, 0.25) is 0 Å². The summed E-state index contributed by atoms with van der Waals surface area (Å²) in [6, 6.07) is 3.51. The molecular weight excluding hydrogens is 374 g/mol. The maximum absolute atomic E-state index is 12.3. The summed E-state index contributed by atoms with van der Waals surface area (Å²) in [5.41, 5.74) is -0.170. The highest BCUT2D eigenvalue weighted by Crippen LogP contribution is 2.34. The highest BCUT2D eigenvalue weighted by atomic mass is 16.6.